The van der Waals surface area contributed by atoms with Gasteiger partial charge in [-0.1, -0.05) is 60.1 Å². The number of halogens is 1. The van der Waals surface area contributed by atoms with Crippen molar-refractivity contribution < 1.29 is 9.59 Å². The van der Waals surface area contributed by atoms with Gasteiger partial charge in [-0.05, 0) is 41.1 Å². The van der Waals surface area contributed by atoms with E-state index in [4.69, 9.17) is 11.6 Å². The number of rotatable bonds is 6. The number of benzene rings is 2. The molecule has 1 aliphatic rings. The minimum Gasteiger partial charge on any atom is -0.281 e. The molecule has 142 valence electrons. The molecular formula is C21H18ClN3O2S. The third-order valence-corrected chi connectivity index (χ3v) is 5.11. The highest BCUT2D eigenvalue weighted by Crippen LogP contribution is 2.32. The van der Waals surface area contributed by atoms with E-state index in [0.29, 0.717) is 21.6 Å². The number of nitrogens with one attached hydrogen (secondary N) is 1. The fourth-order valence-corrected chi connectivity index (χ4v) is 3.60. The second-order valence-corrected chi connectivity index (χ2v) is 7.40. The van der Waals surface area contributed by atoms with E-state index in [1.54, 1.807) is 24.3 Å². The number of carbonyl (C=O) groups is 2. The summed E-state index contributed by atoms with van der Waals surface area (Å²) >= 11 is 7.11. The Kier molecular flexibility index (Phi) is 6.68. The molecule has 2 aromatic carbocycles. The van der Waals surface area contributed by atoms with Crippen LogP contribution < -0.4 is 5.43 Å². The van der Waals surface area contributed by atoms with E-state index < -0.39 is 0 Å². The number of hydrazone groups is 1. The van der Waals surface area contributed by atoms with Crippen molar-refractivity contribution in [2.24, 2.45) is 5.10 Å². The number of carbonyl (C=O) groups excluding carboxylic acids is 2. The van der Waals surface area contributed by atoms with Crippen LogP contribution in [0.1, 0.15) is 11.1 Å². The predicted molar refractivity (Wildman–Crippen MR) is 115 cm³/mol. The average molecular weight is 412 g/mol. The van der Waals surface area contributed by atoms with Crippen LogP contribution in [0, 0.1) is 0 Å². The maximum atomic E-state index is 12.7. The van der Waals surface area contributed by atoms with Crippen LogP contribution in [0.5, 0.6) is 0 Å². The smallest absolute Gasteiger partial charge is 0.267 e. The Bertz CT molecular complexity index is 940. The number of nitrogens with zero attached hydrogens (tertiary/aromatic N) is 2. The van der Waals surface area contributed by atoms with Crippen molar-refractivity contribution >= 4 is 46.4 Å². The summed E-state index contributed by atoms with van der Waals surface area (Å²) in [5.41, 5.74) is 4.27. The SMILES string of the molecule is C=CCN1C(=O)/C(=C/c2ccc(Cl)cc2)S/C1=N/NC(=O)Cc1ccccc1. The molecule has 2 aromatic rings. The molecule has 1 aliphatic heterocycles. The molecule has 0 bridgehead atoms. The van der Waals surface area contributed by atoms with Crippen molar-refractivity contribution in [3.05, 3.63) is 88.3 Å². The van der Waals surface area contributed by atoms with Crippen LogP contribution in [0.4, 0.5) is 0 Å². The molecule has 0 radical (unpaired) electrons. The first kappa shape index (κ1) is 19.9. The molecule has 0 aromatic heterocycles. The molecule has 2 amide bonds. The highest BCUT2D eigenvalue weighted by molar-refractivity contribution is 8.18. The largest absolute Gasteiger partial charge is 0.281 e. The van der Waals surface area contributed by atoms with E-state index in [2.05, 4.69) is 17.1 Å². The summed E-state index contributed by atoms with van der Waals surface area (Å²) in [5.74, 6) is -0.434. The van der Waals surface area contributed by atoms with Crippen molar-refractivity contribution in [3.8, 4) is 0 Å². The Labute approximate surface area is 172 Å². The van der Waals surface area contributed by atoms with Crippen LogP contribution in [-0.4, -0.2) is 28.4 Å². The van der Waals surface area contributed by atoms with Gasteiger partial charge >= 0.3 is 0 Å². The number of amides is 2. The molecule has 1 saturated heterocycles. The van der Waals surface area contributed by atoms with Gasteiger partial charge < -0.3 is 0 Å². The van der Waals surface area contributed by atoms with Crippen LogP contribution >= 0.6 is 23.4 Å². The highest BCUT2D eigenvalue weighted by Gasteiger charge is 2.32. The molecule has 0 spiro atoms. The number of hydrogen-bond acceptors (Lipinski definition) is 4. The van der Waals surface area contributed by atoms with E-state index in [9.17, 15) is 9.59 Å². The topological polar surface area (TPSA) is 61.8 Å². The van der Waals surface area contributed by atoms with Gasteiger partial charge in [0.1, 0.15) is 0 Å². The second-order valence-electron chi connectivity index (χ2n) is 5.96. The van der Waals surface area contributed by atoms with Crippen LogP contribution in [0.2, 0.25) is 5.02 Å². The van der Waals surface area contributed by atoms with Crippen LogP contribution in [-0.2, 0) is 16.0 Å². The Balaban J connectivity index is 1.74. The zero-order valence-electron chi connectivity index (χ0n) is 15.0. The van der Waals surface area contributed by atoms with E-state index >= 15 is 0 Å². The third-order valence-electron chi connectivity index (χ3n) is 3.85. The maximum absolute atomic E-state index is 12.7. The quantitative estimate of drug-likeness (QED) is 0.442. The molecular weight excluding hydrogens is 394 g/mol. The molecule has 7 heteroatoms. The Morgan fingerprint density at radius 2 is 1.89 bits per heavy atom. The van der Waals surface area contributed by atoms with Gasteiger partial charge in [-0.2, -0.15) is 0 Å². The van der Waals surface area contributed by atoms with E-state index in [0.717, 1.165) is 11.1 Å². The predicted octanol–water partition coefficient (Wildman–Crippen LogP) is 4.07. The maximum Gasteiger partial charge on any atom is 0.267 e. The van der Waals surface area contributed by atoms with Crippen molar-refractivity contribution in [1.29, 1.82) is 0 Å². The summed E-state index contributed by atoms with van der Waals surface area (Å²) in [5, 5.41) is 5.19. The summed E-state index contributed by atoms with van der Waals surface area (Å²) in [7, 11) is 0. The number of amidine groups is 1. The average Bonchev–Trinajstić information content (AvgIpc) is 2.98. The third kappa shape index (κ3) is 5.12. The zero-order valence-corrected chi connectivity index (χ0v) is 16.5. The molecule has 28 heavy (non-hydrogen) atoms. The van der Waals surface area contributed by atoms with Gasteiger partial charge in [0, 0.05) is 11.6 Å². The first-order chi connectivity index (χ1) is 13.6. The fraction of sp³-hybridized carbons (Fsp3) is 0.0952. The van der Waals surface area contributed by atoms with Crippen LogP contribution in [0.3, 0.4) is 0 Å². The van der Waals surface area contributed by atoms with Gasteiger partial charge in [0.15, 0.2) is 5.17 Å². The Morgan fingerprint density at radius 3 is 2.57 bits per heavy atom. The highest BCUT2D eigenvalue weighted by atomic mass is 35.5. The molecule has 1 N–H and O–H groups in total. The standard InChI is InChI=1S/C21H18ClN3O2S/c1-2-12-25-20(27)18(13-16-8-10-17(22)11-9-16)28-21(25)24-23-19(26)14-15-6-4-3-5-7-15/h2-11,13H,1,12,14H2,(H,23,26)/b18-13-,24-21+. The van der Waals surface area contributed by atoms with Crippen molar-refractivity contribution in [2.75, 3.05) is 6.54 Å². The molecule has 3 rings (SSSR count). The van der Waals surface area contributed by atoms with Gasteiger partial charge in [0.05, 0.1) is 11.3 Å². The fourth-order valence-electron chi connectivity index (χ4n) is 2.52. The molecule has 1 heterocycles. The molecule has 0 unspecified atom stereocenters. The van der Waals surface area contributed by atoms with Gasteiger partial charge in [-0.25, -0.2) is 5.43 Å². The van der Waals surface area contributed by atoms with Crippen LogP contribution in [0.25, 0.3) is 6.08 Å². The number of thioether (sulfide) groups is 1. The van der Waals surface area contributed by atoms with Gasteiger partial charge in [0.2, 0.25) is 5.91 Å². The summed E-state index contributed by atoms with van der Waals surface area (Å²) in [6.45, 7) is 3.99. The summed E-state index contributed by atoms with van der Waals surface area (Å²) in [6.07, 6.45) is 3.60. The molecule has 0 atom stereocenters. The number of hydrogen-bond donors (Lipinski definition) is 1. The van der Waals surface area contributed by atoms with Gasteiger partial charge in [0.25, 0.3) is 5.91 Å². The van der Waals surface area contributed by atoms with Crippen molar-refractivity contribution in [2.45, 2.75) is 6.42 Å². The van der Waals surface area contributed by atoms with E-state index in [-0.39, 0.29) is 18.2 Å². The van der Waals surface area contributed by atoms with Crippen LogP contribution in [0.15, 0.2) is 77.3 Å². The first-order valence-corrected chi connectivity index (χ1v) is 9.74. The van der Waals surface area contributed by atoms with E-state index in [1.807, 2.05) is 42.5 Å². The molecule has 0 saturated carbocycles. The Hall–Kier alpha value is -2.83. The molecule has 0 aliphatic carbocycles. The van der Waals surface area contributed by atoms with Gasteiger partial charge in [-0.15, -0.1) is 11.7 Å². The first-order valence-electron chi connectivity index (χ1n) is 8.55. The lowest BCUT2D eigenvalue weighted by Crippen LogP contribution is -2.31. The zero-order chi connectivity index (χ0) is 19.9. The minimum absolute atomic E-state index is 0.184. The summed E-state index contributed by atoms with van der Waals surface area (Å²) < 4.78 is 0. The van der Waals surface area contributed by atoms with Gasteiger partial charge in [-0.3, -0.25) is 14.5 Å². The van der Waals surface area contributed by atoms with Crippen molar-refractivity contribution in [1.82, 2.24) is 10.3 Å². The Morgan fingerprint density at radius 1 is 1.18 bits per heavy atom. The normalized spacial score (nSPS) is 16.6. The lowest BCUT2D eigenvalue weighted by Gasteiger charge is -2.12. The minimum atomic E-state index is -0.250. The lowest BCUT2D eigenvalue weighted by atomic mass is 10.1. The summed E-state index contributed by atoms with van der Waals surface area (Å²) in [4.78, 5) is 26.8. The molecule has 1 fully saturated rings. The summed E-state index contributed by atoms with van der Waals surface area (Å²) in [6, 6.07) is 16.6. The molecule has 5 nitrogen and oxygen atoms in total. The lowest BCUT2D eigenvalue weighted by molar-refractivity contribution is -0.122. The van der Waals surface area contributed by atoms with E-state index in [1.165, 1.54) is 16.7 Å². The second kappa shape index (κ2) is 9.39. The monoisotopic (exact) mass is 411 g/mol. The van der Waals surface area contributed by atoms with Crippen molar-refractivity contribution in [3.63, 3.8) is 0 Å².